The maximum atomic E-state index is 9.81. The van der Waals surface area contributed by atoms with Crippen molar-refractivity contribution in [1.82, 2.24) is 4.90 Å². The highest BCUT2D eigenvalue weighted by atomic mass is 16.5. The summed E-state index contributed by atoms with van der Waals surface area (Å²) in [5.74, 6) is 0.283. The first-order valence-corrected chi connectivity index (χ1v) is 5.83. The Morgan fingerprint density at radius 1 is 1.40 bits per heavy atom. The lowest BCUT2D eigenvalue weighted by Crippen LogP contribution is -2.41. The van der Waals surface area contributed by atoms with Gasteiger partial charge in [-0.2, -0.15) is 0 Å². The van der Waals surface area contributed by atoms with E-state index in [9.17, 15) is 5.11 Å². The molecule has 0 spiro atoms. The summed E-state index contributed by atoms with van der Waals surface area (Å²) in [6.07, 6.45) is 0.606. The van der Waals surface area contributed by atoms with E-state index in [1.807, 2.05) is 0 Å². The molecule has 0 aromatic carbocycles. The van der Waals surface area contributed by atoms with Crippen LogP contribution in [-0.2, 0) is 4.74 Å². The monoisotopic (exact) mass is 215 g/mol. The Bertz CT molecular complexity index is 189. The van der Waals surface area contributed by atoms with Gasteiger partial charge in [0.25, 0.3) is 0 Å². The number of nitrogens with zero attached hydrogens (tertiary/aromatic N) is 1. The van der Waals surface area contributed by atoms with E-state index < -0.39 is 0 Å². The van der Waals surface area contributed by atoms with Crippen LogP contribution >= 0.6 is 0 Å². The molecule has 1 aliphatic rings. The molecular formula is C12H25NO2. The predicted molar refractivity (Wildman–Crippen MR) is 61.9 cm³/mol. The molecule has 3 nitrogen and oxygen atoms in total. The molecule has 0 radical (unpaired) electrons. The van der Waals surface area contributed by atoms with E-state index >= 15 is 0 Å². The molecule has 15 heavy (non-hydrogen) atoms. The molecule has 2 unspecified atom stereocenters. The predicted octanol–water partition coefficient (Wildman–Crippen LogP) is 1.36. The van der Waals surface area contributed by atoms with E-state index in [2.05, 4.69) is 32.7 Å². The Morgan fingerprint density at radius 3 is 2.60 bits per heavy atom. The van der Waals surface area contributed by atoms with Gasteiger partial charge in [-0.15, -0.1) is 0 Å². The van der Waals surface area contributed by atoms with Crippen LogP contribution in [-0.4, -0.2) is 49.5 Å². The van der Waals surface area contributed by atoms with Gasteiger partial charge in [-0.05, 0) is 18.9 Å². The second-order valence-electron chi connectivity index (χ2n) is 5.95. The Labute approximate surface area is 93.4 Å². The lowest BCUT2D eigenvalue weighted by molar-refractivity contribution is -0.0464. The van der Waals surface area contributed by atoms with Gasteiger partial charge in [0.2, 0.25) is 0 Å². The molecular weight excluding hydrogens is 190 g/mol. The molecule has 1 heterocycles. The van der Waals surface area contributed by atoms with E-state index in [1.54, 1.807) is 0 Å². The van der Waals surface area contributed by atoms with Crippen molar-refractivity contribution in [3.63, 3.8) is 0 Å². The smallest absolute Gasteiger partial charge is 0.0624 e. The molecule has 1 rings (SSSR count). The summed E-state index contributed by atoms with van der Waals surface area (Å²) in [4.78, 5) is 2.29. The van der Waals surface area contributed by atoms with E-state index in [0.717, 1.165) is 19.5 Å². The summed E-state index contributed by atoms with van der Waals surface area (Å²) in [6.45, 7) is 10.1. The Kier molecular flexibility index (Phi) is 4.56. The molecule has 0 aromatic heterocycles. The summed E-state index contributed by atoms with van der Waals surface area (Å²) in [6, 6.07) is 0. The Balaban J connectivity index is 2.33. The van der Waals surface area contributed by atoms with Gasteiger partial charge in [0.1, 0.15) is 0 Å². The average Bonchev–Trinajstić information content (AvgIpc) is 2.05. The minimum absolute atomic E-state index is 0.179. The van der Waals surface area contributed by atoms with Crippen LogP contribution in [0.2, 0.25) is 0 Å². The third-order valence-corrected chi connectivity index (χ3v) is 2.72. The lowest BCUT2D eigenvalue weighted by Gasteiger charge is -2.33. The van der Waals surface area contributed by atoms with Crippen molar-refractivity contribution in [3.05, 3.63) is 0 Å². The molecule has 3 heteroatoms. The first-order chi connectivity index (χ1) is 6.88. The highest BCUT2D eigenvalue weighted by Gasteiger charge is 2.25. The van der Waals surface area contributed by atoms with Crippen LogP contribution in [0.4, 0.5) is 0 Å². The van der Waals surface area contributed by atoms with Crippen molar-refractivity contribution in [3.8, 4) is 0 Å². The number of aliphatic hydroxyl groups excluding tert-OH is 1. The second kappa shape index (κ2) is 5.28. The fourth-order valence-corrected chi connectivity index (χ4v) is 2.23. The molecule has 90 valence electrons. The zero-order valence-electron chi connectivity index (χ0n) is 10.5. The summed E-state index contributed by atoms with van der Waals surface area (Å²) in [5.41, 5.74) is 0.315. The first kappa shape index (κ1) is 12.9. The topological polar surface area (TPSA) is 32.7 Å². The van der Waals surface area contributed by atoms with Crippen molar-refractivity contribution >= 4 is 0 Å². The quantitative estimate of drug-likeness (QED) is 0.771. The van der Waals surface area contributed by atoms with Crippen molar-refractivity contribution in [2.75, 3.05) is 33.4 Å². The van der Waals surface area contributed by atoms with Gasteiger partial charge in [0.15, 0.2) is 0 Å². The van der Waals surface area contributed by atoms with Crippen LogP contribution in [0.25, 0.3) is 0 Å². The molecule has 0 aromatic rings. The maximum Gasteiger partial charge on any atom is 0.0624 e. The van der Waals surface area contributed by atoms with Crippen LogP contribution < -0.4 is 0 Å². The fraction of sp³-hybridized carbons (Fsp3) is 1.00. The number of ether oxygens (including phenoxy) is 1. The molecule has 2 atom stereocenters. The highest BCUT2D eigenvalue weighted by Crippen LogP contribution is 2.19. The van der Waals surface area contributed by atoms with Crippen LogP contribution in [0.3, 0.4) is 0 Å². The minimum atomic E-state index is -0.179. The second-order valence-corrected chi connectivity index (χ2v) is 5.95. The molecule has 0 amide bonds. The van der Waals surface area contributed by atoms with Gasteiger partial charge in [0.05, 0.1) is 12.7 Å². The average molecular weight is 215 g/mol. The Morgan fingerprint density at radius 2 is 2.07 bits per heavy atom. The number of aliphatic hydroxyl groups is 1. The summed E-state index contributed by atoms with van der Waals surface area (Å²) in [5, 5.41) is 9.81. The zero-order valence-corrected chi connectivity index (χ0v) is 10.5. The maximum absolute atomic E-state index is 9.81. The van der Waals surface area contributed by atoms with Crippen LogP contribution in [0.5, 0.6) is 0 Å². The molecule has 1 fully saturated rings. The Hall–Kier alpha value is -0.120. The van der Waals surface area contributed by atoms with Gasteiger partial charge in [-0.1, -0.05) is 20.8 Å². The summed E-state index contributed by atoms with van der Waals surface area (Å²) in [7, 11) is 2.12. The third-order valence-electron chi connectivity index (χ3n) is 2.72. The summed E-state index contributed by atoms with van der Waals surface area (Å²) < 4.78 is 5.40. The van der Waals surface area contributed by atoms with Crippen molar-refractivity contribution in [2.24, 2.45) is 11.3 Å². The molecule has 1 N–H and O–H groups in total. The van der Waals surface area contributed by atoms with Crippen molar-refractivity contribution < 1.29 is 9.84 Å². The zero-order chi connectivity index (χ0) is 11.5. The number of rotatable bonds is 3. The van der Waals surface area contributed by atoms with Crippen LogP contribution in [0, 0.1) is 11.3 Å². The first-order valence-electron chi connectivity index (χ1n) is 5.83. The van der Waals surface area contributed by atoms with E-state index in [1.165, 1.54) is 0 Å². The SMILES string of the molecule is CN(CC1COCCC1O)CC(C)(C)C. The minimum Gasteiger partial charge on any atom is -0.393 e. The third kappa shape index (κ3) is 4.96. The standard InChI is InChI=1S/C12H25NO2/c1-12(2,3)9-13(4)7-10-8-15-6-5-11(10)14/h10-11,14H,5-9H2,1-4H3. The van der Waals surface area contributed by atoms with E-state index in [0.29, 0.717) is 18.6 Å². The molecule has 0 saturated carbocycles. The highest BCUT2D eigenvalue weighted by molar-refractivity contribution is 4.77. The fourth-order valence-electron chi connectivity index (χ4n) is 2.23. The van der Waals surface area contributed by atoms with Gasteiger partial charge < -0.3 is 14.7 Å². The van der Waals surface area contributed by atoms with E-state index in [4.69, 9.17) is 4.74 Å². The number of hydrogen-bond donors (Lipinski definition) is 1. The number of hydrogen-bond acceptors (Lipinski definition) is 3. The van der Waals surface area contributed by atoms with Crippen molar-refractivity contribution in [2.45, 2.75) is 33.3 Å². The summed E-state index contributed by atoms with van der Waals surface area (Å²) >= 11 is 0. The van der Waals surface area contributed by atoms with Crippen molar-refractivity contribution in [1.29, 1.82) is 0 Å². The van der Waals surface area contributed by atoms with Crippen LogP contribution in [0.15, 0.2) is 0 Å². The van der Waals surface area contributed by atoms with Gasteiger partial charge in [0, 0.05) is 25.6 Å². The van der Waals surface area contributed by atoms with Gasteiger partial charge in [-0.25, -0.2) is 0 Å². The van der Waals surface area contributed by atoms with Gasteiger partial charge in [-0.3, -0.25) is 0 Å². The molecule has 0 bridgehead atoms. The molecule has 1 saturated heterocycles. The lowest BCUT2D eigenvalue weighted by atomic mass is 9.94. The van der Waals surface area contributed by atoms with E-state index in [-0.39, 0.29) is 12.0 Å². The van der Waals surface area contributed by atoms with Gasteiger partial charge >= 0.3 is 0 Å². The molecule has 1 aliphatic heterocycles. The normalized spacial score (nSPS) is 28.4. The van der Waals surface area contributed by atoms with Crippen LogP contribution in [0.1, 0.15) is 27.2 Å². The molecule has 0 aliphatic carbocycles. The largest absolute Gasteiger partial charge is 0.393 e.